The first-order chi connectivity index (χ1) is 10.3. The number of hydrogen-bond acceptors (Lipinski definition) is 2. The molecule has 0 aliphatic carbocycles. The topological polar surface area (TPSA) is 40.5 Å². The molecule has 2 N–H and O–H groups in total. The Labute approximate surface area is 133 Å². The Kier molecular flexibility index (Phi) is 17.9. The Hall–Kier alpha value is -0.0800. The maximum absolute atomic E-state index is 9.16. The summed E-state index contributed by atoms with van der Waals surface area (Å²) < 4.78 is 0. The molecule has 0 saturated carbocycles. The molecule has 128 valence electrons. The van der Waals surface area contributed by atoms with E-state index in [1.165, 1.54) is 89.9 Å². The smallest absolute Gasteiger partial charge is 0.0512 e. The van der Waals surface area contributed by atoms with Crippen molar-refractivity contribution in [3.05, 3.63) is 0 Å². The van der Waals surface area contributed by atoms with Crippen molar-refractivity contribution in [1.29, 1.82) is 0 Å². The van der Waals surface area contributed by atoms with Crippen molar-refractivity contribution in [2.75, 3.05) is 6.61 Å². The monoisotopic (exact) mass is 300 g/mol. The number of aliphatic hydroxyl groups is 2. The van der Waals surface area contributed by atoms with E-state index in [0.717, 1.165) is 12.8 Å². The Bertz CT molecular complexity index is 180. The van der Waals surface area contributed by atoms with Gasteiger partial charge in [-0.25, -0.2) is 0 Å². The van der Waals surface area contributed by atoms with Gasteiger partial charge in [-0.2, -0.15) is 0 Å². The fraction of sp³-hybridized carbons (Fsp3) is 1.00. The predicted octanol–water partition coefficient (Wildman–Crippen LogP) is 5.60. The van der Waals surface area contributed by atoms with Gasteiger partial charge in [0.2, 0.25) is 0 Å². The van der Waals surface area contributed by atoms with Crippen LogP contribution < -0.4 is 0 Å². The number of hydrogen-bond donors (Lipinski definition) is 2. The second-order valence-electron chi connectivity index (χ2n) is 6.66. The number of rotatable bonds is 17. The zero-order valence-electron chi connectivity index (χ0n) is 14.5. The lowest BCUT2D eigenvalue weighted by atomic mass is 10.0. The van der Waals surface area contributed by atoms with E-state index >= 15 is 0 Å². The largest absolute Gasteiger partial charge is 0.396 e. The van der Waals surface area contributed by atoms with E-state index in [1.807, 2.05) is 6.92 Å². The van der Waals surface area contributed by atoms with Crippen LogP contribution in [-0.2, 0) is 0 Å². The summed E-state index contributed by atoms with van der Waals surface area (Å²) >= 11 is 0. The molecular weight excluding hydrogens is 260 g/mol. The maximum Gasteiger partial charge on any atom is 0.0512 e. The predicted molar refractivity (Wildman–Crippen MR) is 92.6 cm³/mol. The van der Waals surface area contributed by atoms with Crippen LogP contribution in [0.25, 0.3) is 0 Å². The van der Waals surface area contributed by atoms with Crippen molar-refractivity contribution in [3.8, 4) is 0 Å². The molecule has 0 aliphatic heterocycles. The molecule has 1 unspecified atom stereocenters. The minimum atomic E-state index is -0.111. The van der Waals surface area contributed by atoms with Gasteiger partial charge < -0.3 is 10.2 Å². The molecule has 1 atom stereocenters. The van der Waals surface area contributed by atoms with Gasteiger partial charge in [0.15, 0.2) is 0 Å². The summed E-state index contributed by atoms with van der Waals surface area (Å²) in [7, 11) is 0. The maximum atomic E-state index is 9.16. The van der Waals surface area contributed by atoms with Gasteiger partial charge in [-0.3, -0.25) is 0 Å². The summed E-state index contributed by atoms with van der Waals surface area (Å²) in [4.78, 5) is 0. The van der Waals surface area contributed by atoms with Crippen LogP contribution in [0.5, 0.6) is 0 Å². The van der Waals surface area contributed by atoms with E-state index in [0.29, 0.717) is 6.61 Å². The summed E-state index contributed by atoms with van der Waals surface area (Å²) in [6, 6.07) is 0. The third-order valence-corrected chi connectivity index (χ3v) is 4.28. The summed E-state index contributed by atoms with van der Waals surface area (Å²) in [6.45, 7) is 2.25. The van der Waals surface area contributed by atoms with E-state index in [1.54, 1.807) is 0 Å². The normalized spacial score (nSPS) is 12.7. The standard InChI is InChI=1S/C19H40O2/c1-19(21)17-15-13-11-9-7-5-3-2-4-6-8-10-12-14-16-18-20/h19-21H,2-18H2,1H3. The minimum absolute atomic E-state index is 0.111. The van der Waals surface area contributed by atoms with Crippen molar-refractivity contribution < 1.29 is 10.2 Å². The molecule has 0 heterocycles. The van der Waals surface area contributed by atoms with E-state index < -0.39 is 0 Å². The second-order valence-corrected chi connectivity index (χ2v) is 6.66. The SMILES string of the molecule is CC(O)CCCCCCCCCCCCCCCCCO. The molecule has 0 aromatic heterocycles. The van der Waals surface area contributed by atoms with Crippen molar-refractivity contribution in [2.45, 2.75) is 116 Å². The van der Waals surface area contributed by atoms with E-state index in [4.69, 9.17) is 10.2 Å². The summed E-state index contributed by atoms with van der Waals surface area (Å²) in [6.07, 6.45) is 20.7. The Morgan fingerprint density at radius 2 is 0.810 bits per heavy atom. The van der Waals surface area contributed by atoms with Crippen molar-refractivity contribution in [1.82, 2.24) is 0 Å². The summed E-state index contributed by atoms with van der Waals surface area (Å²) in [5.41, 5.74) is 0. The number of aliphatic hydroxyl groups excluding tert-OH is 2. The zero-order valence-corrected chi connectivity index (χ0v) is 14.5. The average Bonchev–Trinajstić information content (AvgIpc) is 2.46. The van der Waals surface area contributed by atoms with Gasteiger partial charge in [-0.15, -0.1) is 0 Å². The number of unbranched alkanes of at least 4 members (excludes halogenated alkanes) is 14. The fourth-order valence-electron chi connectivity index (χ4n) is 2.85. The summed E-state index contributed by atoms with van der Waals surface area (Å²) in [5, 5.41) is 17.8. The van der Waals surface area contributed by atoms with Gasteiger partial charge in [-0.1, -0.05) is 89.9 Å². The fourth-order valence-corrected chi connectivity index (χ4v) is 2.85. The molecule has 0 aromatic carbocycles. The second kappa shape index (κ2) is 18.0. The highest BCUT2D eigenvalue weighted by atomic mass is 16.3. The van der Waals surface area contributed by atoms with Gasteiger partial charge in [-0.05, 0) is 19.8 Å². The van der Waals surface area contributed by atoms with E-state index in [2.05, 4.69) is 0 Å². The molecule has 0 radical (unpaired) electrons. The van der Waals surface area contributed by atoms with Gasteiger partial charge in [0.25, 0.3) is 0 Å². The van der Waals surface area contributed by atoms with Crippen LogP contribution in [0.2, 0.25) is 0 Å². The van der Waals surface area contributed by atoms with Gasteiger partial charge in [0.1, 0.15) is 0 Å². The van der Waals surface area contributed by atoms with Crippen molar-refractivity contribution in [2.24, 2.45) is 0 Å². The van der Waals surface area contributed by atoms with Crippen LogP contribution >= 0.6 is 0 Å². The molecule has 2 nitrogen and oxygen atoms in total. The van der Waals surface area contributed by atoms with E-state index in [9.17, 15) is 0 Å². The van der Waals surface area contributed by atoms with Crippen LogP contribution in [-0.4, -0.2) is 22.9 Å². The highest BCUT2D eigenvalue weighted by molar-refractivity contribution is 4.51. The van der Waals surface area contributed by atoms with Crippen LogP contribution in [0, 0.1) is 0 Å². The molecule has 0 rings (SSSR count). The Morgan fingerprint density at radius 1 is 0.524 bits per heavy atom. The molecular formula is C19H40O2. The quantitative estimate of drug-likeness (QED) is 0.343. The minimum Gasteiger partial charge on any atom is -0.396 e. The average molecular weight is 301 g/mol. The van der Waals surface area contributed by atoms with Gasteiger partial charge >= 0.3 is 0 Å². The molecule has 0 amide bonds. The zero-order chi connectivity index (χ0) is 15.6. The van der Waals surface area contributed by atoms with Crippen LogP contribution in [0.15, 0.2) is 0 Å². The Balaban J connectivity index is 2.93. The molecule has 0 saturated heterocycles. The molecule has 0 bridgehead atoms. The molecule has 2 heteroatoms. The van der Waals surface area contributed by atoms with E-state index in [-0.39, 0.29) is 6.10 Å². The molecule has 0 aromatic rings. The lowest BCUT2D eigenvalue weighted by Crippen LogP contribution is -1.98. The first kappa shape index (κ1) is 20.9. The lowest BCUT2D eigenvalue weighted by molar-refractivity contribution is 0.180. The third kappa shape index (κ3) is 19.9. The molecule has 0 fully saturated rings. The molecule has 0 spiro atoms. The summed E-state index contributed by atoms with van der Waals surface area (Å²) in [5.74, 6) is 0. The molecule has 0 aliphatic rings. The van der Waals surface area contributed by atoms with Crippen LogP contribution in [0.3, 0.4) is 0 Å². The highest BCUT2D eigenvalue weighted by Crippen LogP contribution is 2.13. The third-order valence-electron chi connectivity index (χ3n) is 4.28. The van der Waals surface area contributed by atoms with Gasteiger partial charge in [0, 0.05) is 6.61 Å². The first-order valence-electron chi connectivity index (χ1n) is 9.56. The lowest BCUT2D eigenvalue weighted by Gasteiger charge is -2.04. The highest BCUT2D eigenvalue weighted by Gasteiger charge is 1.96. The molecule has 21 heavy (non-hydrogen) atoms. The van der Waals surface area contributed by atoms with Gasteiger partial charge in [0.05, 0.1) is 6.10 Å². The van der Waals surface area contributed by atoms with Crippen molar-refractivity contribution in [3.63, 3.8) is 0 Å². The Morgan fingerprint density at radius 3 is 1.10 bits per heavy atom. The van der Waals surface area contributed by atoms with Crippen molar-refractivity contribution >= 4 is 0 Å². The van der Waals surface area contributed by atoms with Crippen LogP contribution in [0.4, 0.5) is 0 Å². The first-order valence-corrected chi connectivity index (χ1v) is 9.56. The van der Waals surface area contributed by atoms with Crippen LogP contribution in [0.1, 0.15) is 110 Å².